The highest BCUT2D eigenvalue weighted by molar-refractivity contribution is 5.89. The number of nitrogens with one attached hydrogen (secondary N) is 1. The van der Waals surface area contributed by atoms with Crippen molar-refractivity contribution in [2.45, 2.75) is 19.3 Å². The van der Waals surface area contributed by atoms with Gasteiger partial charge in [0.25, 0.3) is 0 Å². The molecule has 2 saturated heterocycles. The lowest BCUT2D eigenvalue weighted by atomic mass is 10.00. The van der Waals surface area contributed by atoms with Crippen LogP contribution >= 0.6 is 0 Å². The number of benzene rings is 1. The first kappa shape index (κ1) is 18.4. The maximum absolute atomic E-state index is 12.7. The van der Waals surface area contributed by atoms with E-state index in [0.717, 1.165) is 70.2 Å². The molecule has 2 fully saturated rings. The normalized spacial score (nSPS) is 23.6. The first-order chi connectivity index (χ1) is 13.3. The van der Waals surface area contributed by atoms with Crippen LogP contribution < -0.4 is 14.8 Å². The molecule has 0 spiro atoms. The fourth-order valence-electron chi connectivity index (χ4n) is 4.02. The fraction of sp³-hybridized carbons (Fsp3) is 0.650. The second kappa shape index (κ2) is 8.80. The molecular formula is C20H29N3O4. The Labute approximate surface area is 160 Å². The summed E-state index contributed by atoms with van der Waals surface area (Å²) in [4.78, 5) is 17.1. The summed E-state index contributed by atoms with van der Waals surface area (Å²) in [6.45, 7) is 7.62. The maximum atomic E-state index is 12.7. The Bertz CT molecular complexity index is 648. The van der Waals surface area contributed by atoms with Crippen LogP contribution in [0.15, 0.2) is 18.2 Å². The summed E-state index contributed by atoms with van der Waals surface area (Å²) in [5.74, 6) is 2.09. The second-order valence-electron chi connectivity index (χ2n) is 7.49. The molecule has 0 aromatic heterocycles. The van der Waals surface area contributed by atoms with Crippen molar-refractivity contribution < 1.29 is 19.0 Å². The van der Waals surface area contributed by atoms with Crippen LogP contribution in [0, 0.1) is 5.92 Å². The van der Waals surface area contributed by atoms with Crippen molar-refractivity contribution in [3.63, 3.8) is 0 Å². The first-order valence-electron chi connectivity index (χ1n) is 10.0. The van der Waals surface area contributed by atoms with Gasteiger partial charge in [0.2, 0.25) is 0 Å². The molecule has 0 bridgehead atoms. The second-order valence-corrected chi connectivity index (χ2v) is 7.49. The Balaban J connectivity index is 1.29. The standard InChI is InChI=1S/C20H29N3O4/c24-20(21-17-3-4-18-19(14-17)27-13-12-26-18)23-6-1-2-16(5-7-23)15-22-8-10-25-11-9-22/h3-4,14,16H,1-2,5-13,15H2,(H,21,24). The van der Waals surface area contributed by atoms with Gasteiger partial charge in [-0.3, -0.25) is 4.90 Å². The lowest BCUT2D eigenvalue weighted by Gasteiger charge is -2.30. The van der Waals surface area contributed by atoms with Crippen LogP contribution in [0.3, 0.4) is 0 Å². The number of rotatable bonds is 3. The molecule has 7 heteroatoms. The number of anilines is 1. The number of fused-ring (bicyclic) bond motifs is 1. The van der Waals surface area contributed by atoms with E-state index >= 15 is 0 Å². The Morgan fingerprint density at radius 3 is 2.67 bits per heavy atom. The first-order valence-corrected chi connectivity index (χ1v) is 10.0. The van der Waals surface area contributed by atoms with Crippen molar-refractivity contribution in [3.05, 3.63) is 18.2 Å². The van der Waals surface area contributed by atoms with E-state index in [1.807, 2.05) is 23.1 Å². The van der Waals surface area contributed by atoms with E-state index in [1.54, 1.807) is 0 Å². The summed E-state index contributed by atoms with van der Waals surface area (Å²) < 4.78 is 16.6. The van der Waals surface area contributed by atoms with Gasteiger partial charge < -0.3 is 24.4 Å². The highest BCUT2D eigenvalue weighted by Crippen LogP contribution is 2.32. The predicted octanol–water partition coefficient (Wildman–Crippen LogP) is 2.42. The minimum absolute atomic E-state index is 0.0290. The van der Waals surface area contributed by atoms with Gasteiger partial charge in [-0.1, -0.05) is 0 Å². The van der Waals surface area contributed by atoms with Crippen LogP contribution in [0.2, 0.25) is 0 Å². The number of urea groups is 1. The highest BCUT2D eigenvalue weighted by Gasteiger charge is 2.23. The number of morpholine rings is 1. The van der Waals surface area contributed by atoms with E-state index in [-0.39, 0.29) is 6.03 Å². The largest absolute Gasteiger partial charge is 0.486 e. The number of ether oxygens (including phenoxy) is 3. The molecule has 7 nitrogen and oxygen atoms in total. The molecule has 1 aromatic rings. The predicted molar refractivity (Wildman–Crippen MR) is 103 cm³/mol. The summed E-state index contributed by atoms with van der Waals surface area (Å²) in [7, 11) is 0. The summed E-state index contributed by atoms with van der Waals surface area (Å²) in [5, 5.41) is 3.01. The van der Waals surface area contributed by atoms with Crippen LogP contribution in [0.4, 0.5) is 10.5 Å². The Morgan fingerprint density at radius 2 is 1.81 bits per heavy atom. The smallest absolute Gasteiger partial charge is 0.321 e. The van der Waals surface area contributed by atoms with Crippen LogP contribution in [0.25, 0.3) is 0 Å². The van der Waals surface area contributed by atoms with Crippen molar-refractivity contribution in [2.24, 2.45) is 5.92 Å². The minimum atomic E-state index is -0.0290. The Hall–Kier alpha value is -1.99. The van der Waals surface area contributed by atoms with Gasteiger partial charge in [-0.25, -0.2) is 4.79 Å². The number of carbonyl (C=O) groups excluding carboxylic acids is 1. The maximum Gasteiger partial charge on any atom is 0.321 e. The van der Waals surface area contributed by atoms with Crippen LogP contribution in [0.5, 0.6) is 11.5 Å². The van der Waals surface area contributed by atoms with Gasteiger partial charge in [-0.15, -0.1) is 0 Å². The molecule has 148 valence electrons. The van der Waals surface area contributed by atoms with Gasteiger partial charge in [-0.2, -0.15) is 0 Å². The molecule has 3 heterocycles. The van der Waals surface area contributed by atoms with E-state index in [4.69, 9.17) is 14.2 Å². The van der Waals surface area contributed by atoms with E-state index < -0.39 is 0 Å². The minimum Gasteiger partial charge on any atom is -0.486 e. The van der Waals surface area contributed by atoms with Gasteiger partial charge in [0.05, 0.1) is 13.2 Å². The zero-order valence-electron chi connectivity index (χ0n) is 15.8. The lowest BCUT2D eigenvalue weighted by Crippen LogP contribution is -2.39. The molecule has 27 heavy (non-hydrogen) atoms. The van der Waals surface area contributed by atoms with Crippen molar-refractivity contribution >= 4 is 11.7 Å². The van der Waals surface area contributed by atoms with Gasteiger partial charge in [-0.05, 0) is 37.3 Å². The molecule has 3 aliphatic rings. The number of hydrogen-bond acceptors (Lipinski definition) is 5. The molecule has 0 aliphatic carbocycles. The van der Waals surface area contributed by atoms with Crippen LogP contribution in [-0.2, 0) is 4.74 Å². The van der Waals surface area contributed by atoms with Crippen LogP contribution in [0.1, 0.15) is 19.3 Å². The lowest BCUT2D eigenvalue weighted by molar-refractivity contribution is 0.0297. The summed E-state index contributed by atoms with van der Waals surface area (Å²) in [5.41, 5.74) is 0.748. The van der Waals surface area contributed by atoms with Crippen LogP contribution in [-0.4, -0.2) is 75.0 Å². The number of amides is 2. The van der Waals surface area contributed by atoms with Gasteiger partial charge in [0, 0.05) is 44.5 Å². The number of likely N-dealkylation sites (tertiary alicyclic amines) is 1. The van der Waals surface area contributed by atoms with E-state index in [0.29, 0.717) is 24.9 Å². The summed E-state index contributed by atoms with van der Waals surface area (Å²) in [6, 6.07) is 5.53. The molecule has 1 atom stereocenters. The SMILES string of the molecule is O=C(Nc1ccc2c(c1)OCCO2)N1CCCC(CN2CCOCC2)CC1. The number of nitrogens with zero attached hydrogens (tertiary/aromatic N) is 2. The molecule has 2 amide bonds. The Kier molecular flexibility index (Phi) is 5.99. The molecule has 3 aliphatic heterocycles. The van der Waals surface area contributed by atoms with Crippen molar-refractivity contribution in [2.75, 3.05) is 64.5 Å². The third-order valence-electron chi connectivity index (χ3n) is 5.55. The van der Waals surface area contributed by atoms with Gasteiger partial charge in [0.15, 0.2) is 11.5 Å². The monoisotopic (exact) mass is 375 g/mol. The highest BCUT2D eigenvalue weighted by atomic mass is 16.6. The van der Waals surface area contributed by atoms with Crippen molar-refractivity contribution in [1.29, 1.82) is 0 Å². The third kappa shape index (κ3) is 4.84. The quantitative estimate of drug-likeness (QED) is 0.879. The Morgan fingerprint density at radius 1 is 1.00 bits per heavy atom. The molecular weight excluding hydrogens is 346 g/mol. The average Bonchev–Trinajstić information content (AvgIpc) is 2.94. The topological polar surface area (TPSA) is 63.3 Å². The van der Waals surface area contributed by atoms with Crippen molar-refractivity contribution in [1.82, 2.24) is 9.80 Å². The van der Waals surface area contributed by atoms with Gasteiger partial charge in [0.1, 0.15) is 13.2 Å². The third-order valence-corrected chi connectivity index (χ3v) is 5.55. The van der Waals surface area contributed by atoms with Gasteiger partial charge >= 0.3 is 6.03 Å². The van der Waals surface area contributed by atoms with E-state index in [1.165, 1.54) is 6.42 Å². The molecule has 0 radical (unpaired) electrons. The number of hydrogen-bond donors (Lipinski definition) is 1. The summed E-state index contributed by atoms with van der Waals surface area (Å²) >= 11 is 0. The molecule has 1 unspecified atom stereocenters. The zero-order valence-corrected chi connectivity index (χ0v) is 15.8. The number of carbonyl (C=O) groups is 1. The zero-order chi connectivity index (χ0) is 18.5. The fourth-order valence-corrected chi connectivity index (χ4v) is 4.02. The molecule has 1 N–H and O–H groups in total. The average molecular weight is 375 g/mol. The van der Waals surface area contributed by atoms with Crippen molar-refractivity contribution in [3.8, 4) is 11.5 Å². The summed E-state index contributed by atoms with van der Waals surface area (Å²) in [6.07, 6.45) is 3.31. The molecule has 0 saturated carbocycles. The van der Waals surface area contributed by atoms with E-state index in [9.17, 15) is 4.79 Å². The molecule has 1 aromatic carbocycles. The molecule has 4 rings (SSSR count). The van der Waals surface area contributed by atoms with E-state index in [2.05, 4.69) is 10.2 Å².